The number of hydrogen-bond donors (Lipinski definition) is 0. The first-order valence-corrected chi connectivity index (χ1v) is 7.59. The SMILES string of the molecule is COc1ccc(CC(Cl)C2Cc3ccccc32)cc1OC. The van der Waals surface area contributed by atoms with Crippen LogP contribution in [0.4, 0.5) is 0 Å². The number of benzene rings is 2. The van der Waals surface area contributed by atoms with E-state index in [0.717, 1.165) is 24.3 Å². The molecule has 0 radical (unpaired) electrons. The van der Waals surface area contributed by atoms with Gasteiger partial charge in [-0.15, -0.1) is 11.6 Å². The highest BCUT2D eigenvalue weighted by Gasteiger charge is 2.31. The minimum Gasteiger partial charge on any atom is -0.493 e. The molecule has 1 aliphatic carbocycles. The predicted molar refractivity (Wildman–Crippen MR) is 85.8 cm³/mol. The van der Waals surface area contributed by atoms with Crippen LogP contribution in [0, 0.1) is 0 Å². The normalized spacial score (nSPS) is 17.6. The summed E-state index contributed by atoms with van der Waals surface area (Å²) in [7, 11) is 3.30. The van der Waals surface area contributed by atoms with Gasteiger partial charge in [0.15, 0.2) is 11.5 Å². The Hall–Kier alpha value is -1.67. The molecule has 2 unspecified atom stereocenters. The third-order valence-corrected chi connectivity index (χ3v) is 4.67. The van der Waals surface area contributed by atoms with Gasteiger partial charge in [0.1, 0.15) is 0 Å². The molecule has 0 spiro atoms. The van der Waals surface area contributed by atoms with E-state index in [0.29, 0.717) is 5.92 Å². The summed E-state index contributed by atoms with van der Waals surface area (Å²) >= 11 is 6.64. The van der Waals surface area contributed by atoms with Gasteiger partial charge in [0.05, 0.1) is 14.2 Å². The Morgan fingerprint density at radius 3 is 2.57 bits per heavy atom. The van der Waals surface area contributed by atoms with Crippen molar-refractivity contribution >= 4 is 11.6 Å². The second-order valence-electron chi connectivity index (χ2n) is 5.42. The van der Waals surface area contributed by atoms with E-state index in [1.165, 1.54) is 16.7 Å². The van der Waals surface area contributed by atoms with Gasteiger partial charge >= 0.3 is 0 Å². The molecule has 110 valence electrons. The van der Waals surface area contributed by atoms with Crippen molar-refractivity contribution in [2.24, 2.45) is 0 Å². The maximum atomic E-state index is 6.64. The second kappa shape index (κ2) is 5.98. The first-order chi connectivity index (χ1) is 10.2. The topological polar surface area (TPSA) is 18.5 Å². The van der Waals surface area contributed by atoms with Crippen LogP contribution in [0.5, 0.6) is 11.5 Å². The number of fused-ring (bicyclic) bond motifs is 1. The number of methoxy groups -OCH3 is 2. The summed E-state index contributed by atoms with van der Waals surface area (Å²) in [6.07, 6.45) is 1.92. The van der Waals surface area contributed by atoms with E-state index in [4.69, 9.17) is 21.1 Å². The van der Waals surface area contributed by atoms with Crippen LogP contribution in [0.1, 0.15) is 22.6 Å². The molecule has 0 heterocycles. The van der Waals surface area contributed by atoms with Crippen LogP contribution in [-0.4, -0.2) is 19.6 Å². The van der Waals surface area contributed by atoms with E-state index in [-0.39, 0.29) is 5.38 Å². The van der Waals surface area contributed by atoms with Gasteiger partial charge in [0.2, 0.25) is 0 Å². The standard InChI is InChI=1S/C18H19ClO2/c1-20-17-8-7-12(10-18(17)21-2)9-16(19)15-11-13-5-3-4-6-14(13)15/h3-8,10,15-16H,9,11H2,1-2H3. The Bertz CT molecular complexity index is 639. The van der Waals surface area contributed by atoms with Crippen molar-refractivity contribution in [1.29, 1.82) is 0 Å². The predicted octanol–water partition coefficient (Wildman–Crippen LogP) is 4.19. The van der Waals surface area contributed by atoms with Crippen LogP contribution in [0.2, 0.25) is 0 Å². The summed E-state index contributed by atoms with van der Waals surface area (Å²) < 4.78 is 10.6. The zero-order valence-electron chi connectivity index (χ0n) is 12.3. The lowest BCUT2D eigenvalue weighted by molar-refractivity contribution is 0.354. The second-order valence-corrected chi connectivity index (χ2v) is 5.98. The summed E-state index contributed by atoms with van der Waals surface area (Å²) in [4.78, 5) is 0. The molecule has 0 saturated carbocycles. The molecule has 0 bridgehead atoms. The summed E-state index contributed by atoms with van der Waals surface area (Å²) in [5, 5.41) is 0.109. The maximum Gasteiger partial charge on any atom is 0.160 e. The van der Waals surface area contributed by atoms with Gasteiger partial charge < -0.3 is 9.47 Å². The molecule has 0 aromatic heterocycles. The van der Waals surface area contributed by atoms with Crippen molar-refractivity contribution < 1.29 is 9.47 Å². The lowest BCUT2D eigenvalue weighted by Crippen LogP contribution is -2.26. The first kappa shape index (κ1) is 14.3. The van der Waals surface area contributed by atoms with Crippen molar-refractivity contribution in [3.63, 3.8) is 0 Å². The first-order valence-electron chi connectivity index (χ1n) is 7.15. The van der Waals surface area contributed by atoms with Gasteiger partial charge in [-0.05, 0) is 41.7 Å². The Balaban J connectivity index is 1.73. The molecule has 0 aliphatic heterocycles. The zero-order valence-corrected chi connectivity index (χ0v) is 13.1. The van der Waals surface area contributed by atoms with E-state index in [1.54, 1.807) is 14.2 Å². The minimum atomic E-state index is 0.109. The summed E-state index contributed by atoms with van der Waals surface area (Å²) in [5.74, 6) is 1.96. The highest BCUT2D eigenvalue weighted by atomic mass is 35.5. The fraction of sp³-hybridized carbons (Fsp3) is 0.333. The van der Waals surface area contributed by atoms with Crippen LogP contribution >= 0.6 is 11.6 Å². The monoisotopic (exact) mass is 302 g/mol. The highest BCUT2D eigenvalue weighted by Crippen LogP contribution is 2.41. The summed E-state index contributed by atoms with van der Waals surface area (Å²) in [5.41, 5.74) is 4.01. The fourth-order valence-electron chi connectivity index (χ4n) is 3.00. The highest BCUT2D eigenvalue weighted by molar-refractivity contribution is 6.21. The van der Waals surface area contributed by atoms with Crippen LogP contribution < -0.4 is 9.47 Å². The summed E-state index contributed by atoms with van der Waals surface area (Å²) in [6, 6.07) is 14.6. The molecule has 0 saturated heterocycles. The molecule has 2 aromatic carbocycles. The van der Waals surface area contributed by atoms with E-state index >= 15 is 0 Å². The molecule has 21 heavy (non-hydrogen) atoms. The number of rotatable bonds is 5. The van der Waals surface area contributed by atoms with Gasteiger partial charge in [-0.1, -0.05) is 30.3 Å². The van der Waals surface area contributed by atoms with Crippen molar-refractivity contribution in [2.75, 3.05) is 14.2 Å². The number of hydrogen-bond acceptors (Lipinski definition) is 2. The molecule has 0 amide bonds. The largest absolute Gasteiger partial charge is 0.493 e. The number of ether oxygens (including phenoxy) is 2. The van der Waals surface area contributed by atoms with Crippen molar-refractivity contribution in [3.8, 4) is 11.5 Å². The molecule has 3 rings (SSSR count). The molecular formula is C18H19ClO2. The van der Waals surface area contributed by atoms with E-state index < -0.39 is 0 Å². The number of halogens is 1. The molecule has 2 aromatic rings. The average Bonchev–Trinajstić information content (AvgIpc) is 2.48. The lowest BCUT2D eigenvalue weighted by atomic mass is 9.74. The third kappa shape index (κ3) is 2.73. The third-order valence-electron chi connectivity index (χ3n) is 4.21. The molecular weight excluding hydrogens is 284 g/mol. The Kier molecular flexibility index (Phi) is 4.07. The van der Waals surface area contributed by atoms with Crippen LogP contribution in [0.15, 0.2) is 42.5 Å². The van der Waals surface area contributed by atoms with Crippen molar-refractivity contribution in [3.05, 3.63) is 59.2 Å². The molecule has 2 atom stereocenters. The smallest absolute Gasteiger partial charge is 0.160 e. The van der Waals surface area contributed by atoms with Gasteiger partial charge in [-0.2, -0.15) is 0 Å². The van der Waals surface area contributed by atoms with Crippen LogP contribution in [-0.2, 0) is 12.8 Å². The number of alkyl halides is 1. The molecule has 3 heteroatoms. The van der Waals surface area contributed by atoms with Gasteiger partial charge in [-0.25, -0.2) is 0 Å². The molecule has 2 nitrogen and oxygen atoms in total. The van der Waals surface area contributed by atoms with Crippen LogP contribution in [0.25, 0.3) is 0 Å². The van der Waals surface area contributed by atoms with Crippen LogP contribution in [0.3, 0.4) is 0 Å². The lowest BCUT2D eigenvalue weighted by Gasteiger charge is -2.33. The zero-order chi connectivity index (χ0) is 14.8. The van der Waals surface area contributed by atoms with E-state index in [1.807, 2.05) is 12.1 Å². The summed E-state index contributed by atoms with van der Waals surface area (Å²) in [6.45, 7) is 0. The van der Waals surface area contributed by atoms with E-state index in [2.05, 4.69) is 30.3 Å². The van der Waals surface area contributed by atoms with E-state index in [9.17, 15) is 0 Å². The van der Waals surface area contributed by atoms with Gasteiger partial charge in [0, 0.05) is 11.3 Å². The molecule has 1 aliphatic rings. The van der Waals surface area contributed by atoms with Gasteiger partial charge in [0.25, 0.3) is 0 Å². The minimum absolute atomic E-state index is 0.109. The molecule has 0 fully saturated rings. The van der Waals surface area contributed by atoms with Crippen molar-refractivity contribution in [2.45, 2.75) is 24.1 Å². The molecule has 0 N–H and O–H groups in total. The Morgan fingerprint density at radius 2 is 1.86 bits per heavy atom. The Labute approximate surface area is 130 Å². The quantitative estimate of drug-likeness (QED) is 0.771. The fourth-order valence-corrected chi connectivity index (χ4v) is 3.40. The van der Waals surface area contributed by atoms with Gasteiger partial charge in [-0.3, -0.25) is 0 Å². The van der Waals surface area contributed by atoms with Crippen molar-refractivity contribution in [1.82, 2.24) is 0 Å². The Morgan fingerprint density at radius 1 is 1.10 bits per heavy atom. The average molecular weight is 303 g/mol. The maximum absolute atomic E-state index is 6.64.